The molecule has 0 saturated heterocycles. The molecule has 0 spiro atoms. The van der Waals surface area contributed by atoms with Crippen LogP contribution in [-0.4, -0.2) is 0 Å². The van der Waals surface area contributed by atoms with Crippen LogP contribution in [0.25, 0.3) is 0 Å². The fourth-order valence-electron chi connectivity index (χ4n) is 6.51. The van der Waals surface area contributed by atoms with E-state index in [-0.39, 0.29) is 10.8 Å². The van der Waals surface area contributed by atoms with E-state index in [0.29, 0.717) is 0 Å². The van der Waals surface area contributed by atoms with Crippen LogP contribution in [0.5, 0.6) is 0 Å². The van der Waals surface area contributed by atoms with Crippen LogP contribution in [0.2, 0.25) is 0 Å². The normalized spacial score (nSPS) is 15.4. The summed E-state index contributed by atoms with van der Waals surface area (Å²) < 4.78 is 0. The lowest BCUT2D eigenvalue weighted by molar-refractivity contribution is 0.403. The largest absolute Gasteiger partial charge is 0.0622 e. The first-order valence-corrected chi connectivity index (χ1v) is 16.5. The minimum absolute atomic E-state index is 0.142. The minimum Gasteiger partial charge on any atom is -0.0622 e. The van der Waals surface area contributed by atoms with Gasteiger partial charge in [0.05, 0.1) is 0 Å². The van der Waals surface area contributed by atoms with E-state index in [1.165, 1.54) is 49.4 Å². The summed E-state index contributed by atoms with van der Waals surface area (Å²) in [7, 11) is -1.49. The van der Waals surface area contributed by atoms with E-state index in [4.69, 9.17) is 0 Å². The van der Waals surface area contributed by atoms with Crippen molar-refractivity contribution in [3.05, 3.63) is 145 Å². The van der Waals surface area contributed by atoms with Crippen LogP contribution in [0.15, 0.2) is 133 Å². The molecule has 0 heterocycles. The Morgan fingerprint density at radius 3 is 0.923 bits per heavy atom. The number of hydrogen-bond acceptors (Lipinski definition) is 0. The summed E-state index contributed by atoms with van der Waals surface area (Å²) in [6.45, 7) is 9.76. The van der Waals surface area contributed by atoms with Gasteiger partial charge in [0.15, 0.2) is 0 Å². The monoisotopic (exact) mass is 542 g/mol. The number of benzene rings is 5. The predicted molar refractivity (Wildman–Crippen MR) is 175 cm³/mol. The molecule has 0 amide bonds. The number of hydrogen-bond donors (Lipinski definition) is 0. The van der Waals surface area contributed by atoms with Crippen molar-refractivity contribution < 1.29 is 0 Å². The summed E-state index contributed by atoms with van der Waals surface area (Å²) in [5.74, 6) is 0. The summed E-state index contributed by atoms with van der Waals surface area (Å²) in [5, 5.41) is 8.64. The van der Waals surface area contributed by atoms with E-state index in [2.05, 4.69) is 161 Å². The molecule has 6 rings (SSSR count). The standard InChI is InChI=1S/C37H36P2/c1-36(2)27-37(3,4)33-26-35(39(30-21-13-7-14-22-30)31-23-15-8-16-24-31)34(25-32(33)36)38(28-17-9-5-10-18-28)29-19-11-6-12-20-29/h5-26H,27H2,1-4H3. The average molecular weight is 543 g/mol. The zero-order valence-corrected chi connectivity index (χ0v) is 25.1. The molecule has 194 valence electrons. The molecule has 1 aliphatic carbocycles. The highest BCUT2D eigenvalue weighted by Crippen LogP contribution is 2.51. The lowest BCUT2D eigenvalue weighted by Crippen LogP contribution is -2.36. The van der Waals surface area contributed by atoms with Crippen molar-refractivity contribution in [2.24, 2.45) is 0 Å². The average Bonchev–Trinajstić information content (AvgIpc) is 3.14. The number of fused-ring (bicyclic) bond motifs is 1. The molecule has 2 heteroatoms. The van der Waals surface area contributed by atoms with Gasteiger partial charge in [0.2, 0.25) is 0 Å². The van der Waals surface area contributed by atoms with Crippen LogP contribution in [0, 0.1) is 0 Å². The summed E-state index contributed by atoms with van der Waals surface area (Å²) in [5.41, 5.74) is 3.34. The topological polar surface area (TPSA) is 0 Å². The van der Waals surface area contributed by atoms with E-state index in [1.807, 2.05) is 0 Å². The summed E-state index contributed by atoms with van der Waals surface area (Å²) in [4.78, 5) is 0. The Morgan fingerprint density at radius 2 is 0.667 bits per heavy atom. The van der Waals surface area contributed by atoms with Crippen LogP contribution in [0.1, 0.15) is 45.2 Å². The second-order valence-corrected chi connectivity index (χ2v) is 16.2. The van der Waals surface area contributed by atoms with Crippen molar-refractivity contribution >= 4 is 47.7 Å². The molecule has 0 unspecified atom stereocenters. The Kier molecular flexibility index (Phi) is 7.05. The van der Waals surface area contributed by atoms with Gasteiger partial charge in [-0.05, 0) is 88.2 Å². The lowest BCUT2D eigenvalue weighted by atomic mass is 9.82. The third kappa shape index (κ3) is 5.02. The highest BCUT2D eigenvalue weighted by molar-refractivity contribution is 7.85. The molecule has 0 nitrogen and oxygen atoms in total. The first kappa shape index (κ1) is 26.2. The zero-order valence-electron chi connectivity index (χ0n) is 23.3. The van der Waals surface area contributed by atoms with Gasteiger partial charge in [-0.25, -0.2) is 0 Å². The first-order chi connectivity index (χ1) is 18.9. The van der Waals surface area contributed by atoms with E-state index in [0.717, 1.165) is 0 Å². The molecule has 0 radical (unpaired) electrons. The van der Waals surface area contributed by atoms with Crippen molar-refractivity contribution in [2.45, 2.75) is 44.9 Å². The molecule has 0 aliphatic heterocycles. The van der Waals surface area contributed by atoms with Crippen LogP contribution < -0.4 is 31.8 Å². The number of rotatable bonds is 6. The minimum atomic E-state index is -0.743. The van der Waals surface area contributed by atoms with Crippen LogP contribution >= 0.6 is 15.8 Å². The molecule has 0 aromatic heterocycles. The molecule has 0 saturated carbocycles. The lowest BCUT2D eigenvalue weighted by Gasteiger charge is -2.30. The molecule has 0 atom stereocenters. The van der Waals surface area contributed by atoms with Crippen molar-refractivity contribution in [2.75, 3.05) is 0 Å². The van der Waals surface area contributed by atoms with Gasteiger partial charge in [0.1, 0.15) is 0 Å². The predicted octanol–water partition coefficient (Wildman–Crippen LogP) is 7.16. The third-order valence-corrected chi connectivity index (χ3v) is 13.1. The second kappa shape index (κ2) is 10.5. The first-order valence-electron chi connectivity index (χ1n) is 13.8. The molecule has 39 heavy (non-hydrogen) atoms. The van der Waals surface area contributed by atoms with Gasteiger partial charge in [-0.2, -0.15) is 0 Å². The van der Waals surface area contributed by atoms with Gasteiger partial charge < -0.3 is 0 Å². The Hall–Kier alpha value is -3.04. The fraction of sp³-hybridized carbons (Fsp3) is 0.189. The maximum absolute atomic E-state index is 2.63. The SMILES string of the molecule is CC1(C)CC(C)(C)c2cc(P(c3ccccc3)c3ccccc3)c(P(c3ccccc3)c3ccccc3)cc21. The van der Waals surface area contributed by atoms with E-state index in [9.17, 15) is 0 Å². The van der Waals surface area contributed by atoms with Gasteiger partial charge in [-0.3, -0.25) is 0 Å². The van der Waals surface area contributed by atoms with E-state index < -0.39 is 15.8 Å². The smallest absolute Gasteiger partial charge is 0.00644 e. The molecule has 5 aromatic carbocycles. The summed E-state index contributed by atoms with van der Waals surface area (Å²) >= 11 is 0. The quantitative estimate of drug-likeness (QED) is 0.200. The Bertz CT molecular complexity index is 1360. The molecular formula is C37H36P2. The molecular weight excluding hydrogens is 506 g/mol. The molecule has 0 fully saturated rings. The third-order valence-electron chi connectivity index (χ3n) is 8.00. The van der Waals surface area contributed by atoms with Crippen LogP contribution in [-0.2, 0) is 10.8 Å². The Balaban J connectivity index is 1.71. The summed E-state index contributed by atoms with van der Waals surface area (Å²) in [6.07, 6.45) is 1.17. The Morgan fingerprint density at radius 1 is 0.410 bits per heavy atom. The van der Waals surface area contributed by atoms with E-state index in [1.54, 1.807) is 0 Å². The molecule has 0 bridgehead atoms. The van der Waals surface area contributed by atoms with Crippen LogP contribution in [0.3, 0.4) is 0 Å². The van der Waals surface area contributed by atoms with Gasteiger partial charge in [0.25, 0.3) is 0 Å². The van der Waals surface area contributed by atoms with Crippen molar-refractivity contribution in [3.8, 4) is 0 Å². The van der Waals surface area contributed by atoms with Crippen molar-refractivity contribution in [1.29, 1.82) is 0 Å². The molecule has 0 N–H and O–H groups in total. The van der Waals surface area contributed by atoms with Gasteiger partial charge in [-0.15, -0.1) is 0 Å². The molecule has 5 aromatic rings. The molecule has 1 aliphatic rings. The maximum atomic E-state index is 2.63. The Labute approximate surface area is 236 Å². The van der Waals surface area contributed by atoms with Crippen molar-refractivity contribution in [3.63, 3.8) is 0 Å². The van der Waals surface area contributed by atoms with E-state index >= 15 is 0 Å². The van der Waals surface area contributed by atoms with Gasteiger partial charge in [-0.1, -0.05) is 149 Å². The summed E-state index contributed by atoms with van der Waals surface area (Å²) in [6, 6.07) is 50.1. The second-order valence-electron chi connectivity index (χ2n) is 11.8. The fourth-order valence-corrected chi connectivity index (χ4v) is 11.8. The zero-order chi connectivity index (χ0) is 27.0. The highest BCUT2D eigenvalue weighted by Gasteiger charge is 2.43. The van der Waals surface area contributed by atoms with Crippen LogP contribution in [0.4, 0.5) is 0 Å². The van der Waals surface area contributed by atoms with Gasteiger partial charge in [0, 0.05) is 0 Å². The van der Waals surface area contributed by atoms with Crippen molar-refractivity contribution in [1.82, 2.24) is 0 Å². The maximum Gasteiger partial charge on any atom is -0.00644 e. The highest BCUT2D eigenvalue weighted by atomic mass is 31.1. The van der Waals surface area contributed by atoms with Gasteiger partial charge >= 0.3 is 0 Å².